The van der Waals surface area contributed by atoms with Crippen molar-refractivity contribution in [2.75, 3.05) is 5.32 Å². The lowest BCUT2D eigenvalue weighted by molar-refractivity contribution is -0.142. The fourth-order valence-corrected chi connectivity index (χ4v) is 3.63. The van der Waals surface area contributed by atoms with Gasteiger partial charge in [-0.15, -0.1) is 11.3 Å². The van der Waals surface area contributed by atoms with E-state index in [-0.39, 0.29) is 5.92 Å². The van der Waals surface area contributed by atoms with Gasteiger partial charge in [0, 0.05) is 12.5 Å². The molecule has 5 nitrogen and oxygen atoms in total. The van der Waals surface area contributed by atoms with Crippen LogP contribution < -0.4 is 5.32 Å². The fraction of sp³-hybridized carbons (Fsp3) is 0.533. The van der Waals surface area contributed by atoms with Crippen molar-refractivity contribution in [3.63, 3.8) is 0 Å². The Bertz CT molecular complexity index is 647. The van der Waals surface area contributed by atoms with Crippen LogP contribution in [0.25, 0.3) is 10.2 Å². The van der Waals surface area contributed by atoms with Crippen LogP contribution in [0.5, 0.6) is 0 Å². The second-order valence-corrected chi connectivity index (χ2v) is 6.41. The Morgan fingerprint density at radius 3 is 2.81 bits per heavy atom. The number of fused-ring (bicyclic) bond motifs is 1. The van der Waals surface area contributed by atoms with E-state index in [9.17, 15) is 4.79 Å². The first-order chi connectivity index (χ1) is 10.2. The predicted octanol–water partition coefficient (Wildman–Crippen LogP) is 3.31. The maximum absolute atomic E-state index is 11.0. The number of carbonyl (C=O) groups is 1. The summed E-state index contributed by atoms with van der Waals surface area (Å²) >= 11 is 1.63. The van der Waals surface area contributed by atoms with Gasteiger partial charge in [-0.25, -0.2) is 9.97 Å². The van der Waals surface area contributed by atoms with E-state index in [4.69, 9.17) is 5.11 Å². The molecule has 6 heteroatoms. The molecule has 0 bridgehead atoms. The molecule has 0 aliphatic heterocycles. The SMILES string of the molecule is CCc1nc(NC2CCC(C(=O)O)CC2)c2ccsc2n1. The standard InChI is InChI=1S/C15H19N3O2S/c1-2-12-17-13(11-7-8-21-14(11)18-12)16-10-5-3-9(4-6-10)15(19)20/h7-10H,2-6H2,1H3,(H,19,20)(H,16,17,18). The van der Waals surface area contributed by atoms with Crippen LogP contribution in [0.4, 0.5) is 5.82 Å². The van der Waals surface area contributed by atoms with Crippen molar-refractivity contribution < 1.29 is 9.90 Å². The van der Waals surface area contributed by atoms with Gasteiger partial charge in [-0.3, -0.25) is 4.79 Å². The van der Waals surface area contributed by atoms with Crippen molar-refractivity contribution in [2.24, 2.45) is 5.92 Å². The third-order valence-electron chi connectivity index (χ3n) is 4.10. The highest BCUT2D eigenvalue weighted by atomic mass is 32.1. The van der Waals surface area contributed by atoms with Crippen LogP contribution in [0.3, 0.4) is 0 Å². The second kappa shape index (κ2) is 5.97. The van der Waals surface area contributed by atoms with Gasteiger partial charge in [0.25, 0.3) is 0 Å². The van der Waals surface area contributed by atoms with E-state index in [1.165, 1.54) is 0 Å². The summed E-state index contributed by atoms with van der Waals surface area (Å²) in [6.45, 7) is 2.05. The first-order valence-corrected chi connectivity index (χ1v) is 8.28. The molecule has 0 saturated heterocycles. The van der Waals surface area contributed by atoms with Crippen LogP contribution in [-0.4, -0.2) is 27.1 Å². The summed E-state index contributed by atoms with van der Waals surface area (Å²) in [5.41, 5.74) is 0. The van der Waals surface area contributed by atoms with E-state index in [1.807, 2.05) is 11.4 Å². The molecule has 21 heavy (non-hydrogen) atoms. The summed E-state index contributed by atoms with van der Waals surface area (Å²) in [5.74, 6) is 0.911. The molecule has 1 saturated carbocycles. The number of nitrogens with one attached hydrogen (secondary N) is 1. The minimum Gasteiger partial charge on any atom is -0.481 e. The summed E-state index contributed by atoms with van der Waals surface area (Å²) in [6, 6.07) is 2.35. The highest BCUT2D eigenvalue weighted by Gasteiger charge is 2.26. The number of aliphatic carboxylic acids is 1. The van der Waals surface area contributed by atoms with Gasteiger partial charge in [0.05, 0.1) is 11.3 Å². The minimum atomic E-state index is -0.663. The molecule has 2 aromatic heterocycles. The first-order valence-electron chi connectivity index (χ1n) is 7.40. The Balaban J connectivity index is 1.76. The summed E-state index contributed by atoms with van der Waals surface area (Å²) < 4.78 is 0. The smallest absolute Gasteiger partial charge is 0.306 e. The van der Waals surface area contributed by atoms with Crippen molar-refractivity contribution in [1.29, 1.82) is 0 Å². The predicted molar refractivity (Wildman–Crippen MR) is 83.8 cm³/mol. The lowest BCUT2D eigenvalue weighted by Gasteiger charge is -2.27. The molecule has 112 valence electrons. The second-order valence-electron chi connectivity index (χ2n) is 5.51. The Labute approximate surface area is 127 Å². The number of hydrogen-bond acceptors (Lipinski definition) is 5. The Kier molecular flexibility index (Phi) is 4.05. The quantitative estimate of drug-likeness (QED) is 0.906. The van der Waals surface area contributed by atoms with E-state index >= 15 is 0 Å². The van der Waals surface area contributed by atoms with Crippen LogP contribution in [-0.2, 0) is 11.2 Å². The van der Waals surface area contributed by atoms with Crippen molar-refractivity contribution in [1.82, 2.24) is 9.97 Å². The fourth-order valence-electron chi connectivity index (χ4n) is 2.85. The third-order valence-corrected chi connectivity index (χ3v) is 4.91. The van der Waals surface area contributed by atoms with E-state index in [0.29, 0.717) is 6.04 Å². The maximum atomic E-state index is 11.0. The zero-order valence-electron chi connectivity index (χ0n) is 12.0. The molecule has 3 rings (SSSR count). The molecule has 2 N–H and O–H groups in total. The normalized spacial score (nSPS) is 22.3. The zero-order chi connectivity index (χ0) is 14.8. The van der Waals surface area contributed by atoms with Crippen LogP contribution >= 0.6 is 11.3 Å². The molecule has 1 aliphatic carbocycles. The number of aromatic nitrogens is 2. The minimum absolute atomic E-state index is 0.180. The van der Waals surface area contributed by atoms with Gasteiger partial charge in [-0.2, -0.15) is 0 Å². The van der Waals surface area contributed by atoms with Gasteiger partial charge in [-0.05, 0) is 37.1 Å². The van der Waals surface area contributed by atoms with Gasteiger partial charge in [0.1, 0.15) is 16.5 Å². The zero-order valence-corrected chi connectivity index (χ0v) is 12.8. The summed E-state index contributed by atoms with van der Waals surface area (Å²) in [5, 5.41) is 15.7. The summed E-state index contributed by atoms with van der Waals surface area (Å²) in [6.07, 6.45) is 4.06. The van der Waals surface area contributed by atoms with Crippen LogP contribution in [0.2, 0.25) is 0 Å². The number of rotatable bonds is 4. The average Bonchev–Trinajstić information content (AvgIpc) is 2.96. The van der Waals surface area contributed by atoms with Gasteiger partial charge in [0.15, 0.2) is 0 Å². The summed E-state index contributed by atoms with van der Waals surface area (Å²) in [7, 11) is 0. The molecule has 0 amide bonds. The molecule has 1 fully saturated rings. The highest BCUT2D eigenvalue weighted by Crippen LogP contribution is 2.30. The van der Waals surface area contributed by atoms with Crippen molar-refractivity contribution in [2.45, 2.75) is 45.1 Å². The number of aryl methyl sites for hydroxylation is 1. The molecule has 0 spiro atoms. The molecule has 0 aromatic carbocycles. The molecule has 1 aliphatic rings. The number of anilines is 1. The van der Waals surface area contributed by atoms with E-state index in [1.54, 1.807) is 11.3 Å². The number of nitrogens with zero attached hydrogens (tertiary/aromatic N) is 2. The van der Waals surface area contributed by atoms with Gasteiger partial charge in [0.2, 0.25) is 0 Å². The van der Waals surface area contributed by atoms with Crippen molar-refractivity contribution in [3.8, 4) is 0 Å². The first kappa shape index (κ1) is 14.3. The maximum Gasteiger partial charge on any atom is 0.306 e. The molecule has 0 radical (unpaired) electrons. The van der Waals surface area contributed by atoms with Crippen molar-refractivity contribution in [3.05, 3.63) is 17.3 Å². The van der Waals surface area contributed by atoms with Crippen LogP contribution in [0, 0.1) is 5.92 Å². The van der Waals surface area contributed by atoms with Gasteiger partial charge < -0.3 is 10.4 Å². The summed E-state index contributed by atoms with van der Waals surface area (Å²) in [4.78, 5) is 21.2. The molecule has 0 atom stereocenters. The molecule has 0 unspecified atom stereocenters. The molecule has 2 aromatic rings. The highest BCUT2D eigenvalue weighted by molar-refractivity contribution is 7.16. The van der Waals surface area contributed by atoms with Crippen LogP contribution in [0.1, 0.15) is 38.4 Å². The van der Waals surface area contributed by atoms with Crippen molar-refractivity contribution >= 4 is 33.3 Å². The number of hydrogen-bond donors (Lipinski definition) is 2. The molecule has 2 heterocycles. The number of thiophene rings is 1. The van der Waals surface area contributed by atoms with E-state index < -0.39 is 5.97 Å². The number of carboxylic acids is 1. The Hall–Kier alpha value is -1.69. The topological polar surface area (TPSA) is 75.1 Å². The molecular weight excluding hydrogens is 286 g/mol. The lowest BCUT2D eigenvalue weighted by atomic mass is 9.86. The third kappa shape index (κ3) is 3.00. The van der Waals surface area contributed by atoms with Gasteiger partial charge >= 0.3 is 5.97 Å². The van der Waals surface area contributed by atoms with E-state index in [2.05, 4.69) is 22.2 Å². The Morgan fingerprint density at radius 2 is 2.14 bits per heavy atom. The molecular formula is C15H19N3O2S. The largest absolute Gasteiger partial charge is 0.481 e. The average molecular weight is 305 g/mol. The van der Waals surface area contributed by atoms with Crippen LogP contribution in [0.15, 0.2) is 11.4 Å². The number of carboxylic acid groups (broad SMARTS) is 1. The lowest BCUT2D eigenvalue weighted by Crippen LogP contribution is -2.29. The van der Waals surface area contributed by atoms with E-state index in [0.717, 1.165) is 54.0 Å². The van der Waals surface area contributed by atoms with Gasteiger partial charge in [-0.1, -0.05) is 6.92 Å². The monoisotopic (exact) mass is 305 g/mol. The Morgan fingerprint density at radius 1 is 1.38 bits per heavy atom.